The van der Waals surface area contributed by atoms with E-state index in [1.165, 1.54) is 82.0 Å². The summed E-state index contributed by atoms with van der Waals surface area (Å²) in [7, 11) is 0. The van der Waals surface area contributed by atoms with Crippen LogP contribution in [0.25, 0.3) is 0 Å². The van der Waals surface area contributed by atoms with Crippen LogP contribution in [-0.2, 0) is 0 Å². The van der Waals surface area contributed by atoms with E-state index < -0.39 is 0 Å². The number of quaternary nitrogens is 1. The fraction of sp³-hybridized carbons (Fsp3) is 1.00. The van der Waals surface area contributed by atoms with Crippen LogP contribution in [0.3, 0.4) is 0 Å². The molecule has 0 spiro atoms. The largest absolute Gasteiger partial charge is 1.00 e. The van der Waals surface area contributed by atoms with Crippen LogP contribution in [0.15, 0.2) is 0 Å². The third kappa shape index (κ3) is 11.1. The van der Waals surface area contributed by atoms with Gasteiger partial charge in [-0.3, -0.25) is 0 Å². The highest BCUT2D eigenvalue weighted by molar-refractivity contribution is 9.09. The average Bonchev–Trinajstić information content (AvgIpc) is 2.37. The minimum atomic E-state index is 0. The number of nitrogens with zero attached hydrogens (tertiary/aromatic N) is 1. The van der Waals surface area contributed by atoms with Gasteiger partial charge in [0.05, 0.1) is 31.5 Å². The standard InChI is InChI=1S/C16H35BrN.ClH/c1-4-7-10-14-18(16-12-17,13-9-6-3)15-11-8-5-2;/h4-16H2,1-3H3;1H/q+1;/p-1. The Kier molecular flexibility index (Phi) is 17.5. The van der Waals surface area contributed by atoms with Crippen LogP contribution >= 0.6 is 15.9 Å². The summed E-state index contributed by atoms with van der Waals surface area (Å²) in [4.78, 5) is 0. The Morgan fingerprint density at radius 3 is 1.42 bits per heavy atom. The maximum Gasteiger partial charge on any atom is 0.0885 e. The molecular formula is C16H35BrClN. The molecule has 0 bridgehead atoms. The number of rotatable bonds is 13. The van der Waals surface area contributed by atoms with E-state index in [0.29, 0.717) is 0 Å². The summed E-state index contributed by atoms with van der Waals surface area (Å²) < 4.78 is 1.37. The Morgan fingerprint density at radius 2 is 1.05 bits per heavy atom. The Morgan fingerprint density at radius 1 is 0.632 bits per heavy atom. The molecule has 1 nitrogen and oxygen atoms in total. The second kappa shape index (κ2) is 15.1. The normalized spacial score (nSPS) is 11.4. The van der Waals surface area contributed by atoms with E-state index in [4.69, 9.17) is 0 Å². The molecule has 0 heterocycles. The van der Waals surface area contributed by atoms with E-state index in [1.54, 1.807) is 0 Å². The average molecular weight is 357 g/mol. The second-order valence-corrected chi connectivity index (χ2v) is 6.49. The third-order valence-corrected chi connectivity index (χ3v) is 4.37. The van der Waals surface area contributed by atoms with E-state index >= 15 is 0 Å². The van der Waals surface area contributed by atoms with Crippen LogP contribution in [0.2, 0.25) is 0 Å². The number of halogens is 2. The third-order valence-electron chi connectivity index (χ3n) is 4.02. The van der Waals surface area contributed by atoms with Crippen molar-refractivity contribution >= 4 is 15.9 Å². The number of hydrogen-bond donors (Lipinski definition) is 0. The molecule has 0 aromatic rings. The highest BCUT2D eigenvalue weighted by atomic mass is 79.9. The lowest BCUT2D eigenvalue weighted by molar-refractivity contribution is -0.926. The van der Waals surface area contributed by atoms with Crippen LogP contribution in [0.5, 0.6) is 0 Å². The number of hydrogen-bond acceptors (Lipinski definition) is 0. The SMILES string of the molecule is CCCCC[N+](CCBr)(CCCC)CCCCC.[Cl-]. The summed E-state index contributed by atoms with van der Waals surface area (Å²) in [6, 6.07) is 0. The van der Waals surface area contributed by atoms with Crippen molar-refractivity contribution in [1.82, 2.24) is 0 Å². The van der Waals surface area contributed by atoms with Crippen molar-refractivity contribution in [2.45, 2.75) is 72.1 Å². The lowest BCUT2D eigenvalue weighted by Crippen LogP contribution is -3.00. The Balaban J connectivity index is 0. The van der Waals surface area contributed by atoms with E-state index in [1.807, 2.05) is 0 Å². The molecule has 0 aliphatic rings. The second-order valence-electron chi connectivity index (χ2n) is 5.69. The van der Waals surface area contributed by atoms with Crippen LogP contribution in [0.4, 0.5) is 0 Å². The summed E-state index contributed by atoms with van der Waals surface area (Å²) >= 11 is 3.68. The summed E-state index contributed by atoms with van der Waals surface area (Å²) in [5.74, 6) is 0. The summed E-state index contributed by atoms with van der Waals surface area (Å²) in [5, 5.41) is 1.16. The molecule has 0 radical (unpaired) electrons. The smallest absolute Gasteiger partial charge is 0.0885 e. The van der Waals surface area contributed by atoms with Crippen molar-refractivity contribution in [1.29, 1.82) is 0 Å². The molecule has 0 rings (SSSR count). The fourth-order valence-corrected chi connectivity index (χ4v) is 3.49. The first-order valence-electron chi connectivity index (χ1n) is 8.15. The van der Waals surface area contributed by atoms with Crippen LogP contribution < -0.4 is 12.4 Å². The lowest BCUT2D eigenvalue weighted by atomic mass is 10.1. The first-order valence-corrected chi connectivity index (χ1v) is 9.27. The van der Waals surface area contributed by atoms with Gasteiger partial charge in [0.1, 0.15) is 0 Å². The molecule has 0 unspecified atom stereocenters. The number of alkyl halides is 1. The molecule has 0 fully saturated rings. The molecule has 0 aliphatic carbocycles. The zero-order valence-corrected chi connectivity index (χ0v) is 15.7. The summed E-state index contributed by atoms with van der Waals surface area (Å²) in [6.45, 7) is 12.5. The fourth-order valence-electron chi connectivity index (χ4n) is 2.74. The maximum absolute atomic E-state index is 3.68. The van der Waals surface area contributed by atoms with Crippen LogP contribution in [-0.4, -0.2) is 36.0 Å². The van der Waals surface area contributed by atoms with Crippen molar-refractivity contribution in [3.8, 4) is 0 Å². The molecule has 19 heavy (non-hydrogen) atoms. The van der Waals surface area contributed by atoms with Gasteiger partial charge in [-0.2, -0.15) is 0 Å². The van der Waals surface area contributed by atoms with Crippen molar-refractivity contribution in [3.63, 3.8) is 0 Å². The zero-order chi connectivity index (χ0) is 13.7. The van der Waals surface area contributed by atoms with Crippen molar-refractivity contribution in [2.24, 2.45) is 0 Å². The molecule has 0 aromatic heterocycles. The highest BCUT2D eigenvalue weighted by Crippen LogP contribution is 2.16. The molecular weight excluding hydrogens is 322 g/mol. The van der Waals surface area contributed by atoms with Crippen molar-refractivity contribution < 1.29 is 16.9 Å². The van der Waals surface area contributed by atoms with E-state index in [-0.39, 0.29) is 12.4 Å². The van der Waals surface area contributed by atoms with Gasteiger partial charge in [-0.05, 0) is 32.1 Å². The van der Waals surface area contributed by atoms with E-state index in [2.05, 4.69) is 36.7 Å². The molecule has 0 aromatic carbocycles. The van der Waals surface area contributed by atoms with Crippen LogP contribution in [0.1, 0.15) is 72.1 Å². The van der Waals surface area contributed by atoms with Gasteiger partial charge < -0.3 is 16.9 Å². The molecule has 0 N–H and O–H groups in total. The minimum Gasteiger partial charge on any atom is -1.00 e. The predicted octanol–water partition coefficient (Wildman–Crippen LogP) is 2.38. The molecule has 3 heteroatoms. The quantitative estimate of drug-likeness (QED) is 0.270. The Hall–Kier alpha value is 0.730. The van der Waals surface area contributed by atoms with Crippen molar-refractivity contribution in [3.05, 3.63) is 0 Å². The maximum atomic E-state index is 3.68. The first-order chi connectivity index (χ1) is 8.74. The van der Waals surface area contributed by atoms with Gasteiger partial charge >= 0.3 is 0 Å². The summed E-state index contributed by atoms with van der Waals surface area (Å²) in [5.41, 5.74) is 0. The lowest BCUT2D eigenvalue weighted by Gasteiger charge is -2.39. The molecule has 0 saturated carbocycles. The minimum absolute atomic E-state index is 0. The molecule has 118 valence electrons. The molecule has 0 aliphatic heterocycles. The van der Waals surface area contributed by atoms with Gasteiger partial charge in [0, 0.05) is 0 Å². The van der Waals surface area contributed by atoms with Gasteiger partial charge in [-0.1, -0.05) is 56.0 Å². The van der Waals surface area contributed by atoms with Crippen molar-refractivity contribution in [2.75, 3.05) is 31.5 Å². The van der Waals surface area contributed by atoms with Gasteiger partial charge in [0.15, 0.2) is 0 Å². The topological polar surface area (TPSA) is 0 Å². The Bertz CT molecular complexity index is 166. The highest BCUT2D eigenvalue weighted by Gasteiger charge is 2.24. The predicted molar refractivity (Wildman–Crippen MR) is 87.5 cm³/mol. The molecule has 0 atom stereocenters. The monoisotopic (exact) mass is 355 g/mol. The Labute approximate surface area is 136 Å². The van der Waals surface area contributed by atoms with Gasteiger partial charge in [-0.25, -0.2) is 0 Å². The molecule has 0 saturated heterocycles. The number of unbranched alkanes of at least 4 members (excludes halogenated alkanes) is 5. The van der Waals surface area contributed by atoms with E-state index in [9.17, 15) is 0 Å². The van der Waals surface area contributed by atoms with Crippen LogP contribution in [0, 0.1) is 0 Å². The van der Waals surface area contributed by atoms with Gasteiger partial charge in [0.25, 0.3) is 0 Å². The summed E-state index contributed by atoms with van der Waals surface area (Å²) in [6.07, 6.45) is 11.1. The van der Waals surface area contributed by atoms with Gasteiger partial charge in [-0.15, -0.1) is 0 Å². The zero-order valence-electron chi connectivity index (χ0n) is 13.4. The van der Waals surface area contributed by atoms with Gasteiger partial charge in [0.2, 0.25) is 0 Å². The molecule has 0 amide bonds. The van der Waals surface area contributed by atoms with E-state index in [0.717, 1.165) is 5.33 Å². The first kappa shape index (κ1) is 22.0.